The summed E-state index contributed by atoms with van der Waals surface area (Å²) in [6.07, 6.45) is 9.39. The molecule has 20 heavy (non-hydrogen) atoms. The van der Waals surface area contributed by atoms with E-state index in [1.807, 2.05) is 0 Å². The molecule has 0 heterocycles. The number of hydrogen-bond donors (Lipinski definition) is 1. The van der Waals surface area contributed by atoms with Crippen LogP contribution in [0.3, 0.4) is 0 Å². The van der Waals surface area contributed by atoms with E-state index in [1.165, 1.54) is 36.0 Å². The van der Waals surface area contributed by atoms with Gasteiger partial charge in [0.05, 0.1) is 5.60 Å². The molecule has 0 saturated carbocycles. The van der Waals surface area contributed by atoms with Crippen LogP contribution in [-0.2, 0) is 12.8 Å². The molecule has 0 radical (unpaired) electrons. The van der Waals surface area contributed by atoms with Gasteiger partial charge in [-0.15, -0.1) is 0 Å². The predicted molar refractivity (Wildman–Crippen MR) is 85.9 cm³/mol. The fourth-order valence-corrected chi connectivity index (χ4v) is 3.32. The second-order valence-corrected chi connectivity index (χ2v) is 6.41. The Morgan fingerprint density at radius 3 is 2.65 bits per heavy atom. The van der Waals surface area contributed by atoms with Gasteiger partial charge in [-0.1, -0.05) is 69.0 Å². The number of unbranched alkanes of at least 4 members (excludes halogenated alkanes) is 3. The van der Waals surface area contributed by atoms with Crippen molar-refractivity contribution in [3.05, 3.63) is 47.5 Å². The summed E-state index contributed by atoms with van der Waals surface area (Å²) >= 11 is 0. The SMILES string of the molecule is C=C1Cc2ccccc2CCC(O)(CCCCCC)C1. The molecule has 1 atom stereocenters. The molecule has 1 aliphatic carbocycles. The van der Waals surface area contributed by atoms with Crippen LogP contribution in [0.25, 0.3) is 0 Å². The third-order valence-electron chi connectivity index (χ3n) is 4.49. The Hall–Kier alpha value is -1.08. The molecule has 0 bridgehead atoms. The summed E-state index contributed by atoms with van der Waals surface area (Å²) in [5.41, 5.74) is 3.43. The Morgan fingerprint density at radius 1 is 1.15 bits per heavy atom. The maximum absolute atomic E-state index is 10.9. The first-order chi connectivity index (χ1) is 9.63. The van der Waals surface area contributed by atoms with Crippen molar-refractivity contribution in [3.63, 3.8) is 0 Å². The van der Waals surface area contributed by atoms with Crippen LogP contribution in [0.15, 0.2) is 36.4 Å². The number of hydrogen-bond acceptors (Lipinski definition) is 1. The van der Waals surface area contributed by atoms with Crippen molar-refractivity contribution in [2.45, 2.75) is 70.3 Å². The van der Waals surface area contributed by atoms with Gasteiger partial charge >= 0.3 is 0 Å². The van der Waals surface area contributed by atoms with Gasteiger partial charge in [0.25, 0.3) is 0 Å². The third kappa shape index (κ3) is 4.21. The zero-order valence-corrected chi connectivity index (χ0v) is 12.8. The molecule has 1 aromatic rings. The van der Waals surface area contributed by atoms with Crippen LogP contribution in [0.5, 0.6) is 0 Å². The van der Waals surface area contributed by atoms with Crippen molar-refractivity contribution >= 4 is 0 Å². The van der Waals surface area contributed by atoms with Crippen LogP contribution in [0.1, 0.15) is 63.0 Å². The molecule has 0 aliphatic heterocycles. The van der Waals surface area contributed by atoms with Gasteiger partial charge in [0.15, 0.2) is 0 Å². The lowest BCUT2D eigenvalue weighted by Gasteiger charge is -2.32. The quantitative estimate of drug-likeness (QED) is 0.601. The van der Waals surface area contributed by atoms with Gasteiger partial charge in [0.1, 0.15) is 0 Å². The normalized spacial score (nSPS) is 23.0. The Bertz CT molecular complexity index is 449. The molecule has 0 aromatic heterocycles. The first-order valence-corrected chi connectivity index (χ1v) is 8.09. The fraction of sp³-hybridized carbons (Fsp3) is 0.579. The summed E-state index contributed by atoms with van der Waals surface area (Å²) in [5, 5.41) is 10.9. The smallest absolute Gasteiger partial charge is 0.0687 e. The van der Waals surface area contributed by atoms with E-state index in [0.29, 0.717) is 0 Å². The largest absolute Gasteiger partial charge is 0.390 e. The van der Waals surface area contributed by atoms with Crippen LogP contribution < -0.4 is 0 Å². The van der Waals surface area contributed by atoms with Crippen molar-refractivity contribution in [2.75, 3.05) is 0 Å². The highest BCUT2D eigenvalue weighted by Crippen LogP contribution is 2.32. The van der Waals surface area contributed by atoms with Crippen LogP contribution in [0, 0.1) is 0 Å². The zero-order valence-electron chi connectivity index (χ0n) is 12.8. The molecule has 110 valence electrons. The van der Waals surface area contributed by atoms with E-state index >= 15 is 0 Å². The lowest BCUT2D eigenvalue weighted by atomic mass is 9.79. The average Bonchev–Trinajstić information content (AvgIpc) is 2.41. The Morgan fingerprint density at radius 2 is 1.90 bits per heavy atom. The van der Waals surface area contributed by atoms with E-state index in [9.17, 15) is 5.11 Å². The third-order valence-corrected chi connectivity index (χ3v) is 4.49. The Labute approximate surface area is 123 Å². The Kier molecular flexibility index (Phi) is 5.42. The maximum Gasteiger partial charge on any atom is 0.0687 e. The summed E-state index contributed by atoms with van der Waals surface area (Å²) < 4.78 is 0. The molecular formula is C19H28O. The minimum atomic E-state index is -0.529. The number of rotatable bonds is 5. The van der Waals surface area contributed by atoms with Crippen molar-refractivity contribution < 1.29 is 5.11 Å². The lowest BCUT2D eigenvalue weighted by Crippen LogP contribution is -2.31. The number of fused-ring (bicyclic) bond motifs is 1. The summed E-state index contributed by atoms with van der Waals surface area (Å²) in [5.74, 6) is 0. The predicted octanol–water partition coefficient (Wildman–Crippen LogP) is 4.82. The summed E-state index contributed by atoms with van der Waals surface area (Å²) in [6.45, 7) is 6.42. The van der Waals surface area contributed by atoms with Crippen LogP contribution >= 0.6 is 0 Å². The minimum absolute atomic E-state index is 0.529. The molecule has 0 fully saturated rings. The van der Waals surface area contributed by atoms with Gasteiger partial charge in [-0.2, -0.15) is 0 Å². The molecule has 1 N–H and O–H groups in total. The number of benzene rings is 1. The van der Waals surface area contributed by atoms with E-state index in [2.05, 4.69) is 37.8 Å². The second kappa shape index (κ2) is 7.08. The van der Waals surface area contributed by atoms with Gasteiger partial charge in [-0.05, 0) is 43.2 Å². The summed E-state index contributed by atoms with van der Waals surface area (Å²) in [7, 11) is 0. The first-order valence-electron chi connectivity index (χ1n) is 8.09. The highest BCUT2D eigenvalue weighted by Gasteiger charge is 2.29. The highest BCUT2D eigenvalue weighted by atomic mass is 16.3. The number of aliphatic hydroxyl groups is 1. The first kappa shape index (κ1) is 15.3. The van der Waals surface area contributed by atoms with E-state index < -0.39 is 5.60 Å². The van der Waals surface area contributed by atoms with Crippen LogP contribution in [-0.4, -0.2) is 10.7 Å². The lowest BCUT2D eigenvalue weighted by molar-refractivity contribution is 0.0196. The van der Waals surface area contributed by atoms with Gasteiger partial charge in [-0.3, -0.25) is 0 Å². The Balaban J connectivity index is 2.01. The van der Waals surface area contributed by atoms with E-state index in [1.54, 1.807) is 0 Å². The second-order valence-electron chi connectivity index (χ2n) is 6.41. The molecule has 1 aliphatic rings. The summed E-state index contributed by atoms with van der Waals surface area (Å²) in [6, 6.07) is 8.60. The monoisotopic (exact) mass is 272 g/mol. The summed E-state index contributed by atoms with van der Waals surface area (Å²) in [4.78, 5) is 0. The average molecular weight is 272 g/mol. The van der Waals surface area contributed by atoms with Gasteiger partial charge in [-0.25, -0.2) is 0 Å². The van der Waals surface area contributed by atoms with Crippen molar-refractivity contribution in [1.29, 1.82) is 0 Å². The standard InChI is InChI=1S/C19H28O/c1-3-4-5-8-12-19(20)13-11-17-9-6-7-10-18(17)14-16(2)15-19/h6-7,9-10,20H,2-5,8,11-15H2,1H3. The topological polar surface area (TPSA) is 20.2 Å². The van der Waals surface area contributed by atoms with Crippen molar-refractivity contribution in [1.82, 2.24) is 0 Å². The molecule has 0 saturated heterocycles. The molecular weight excluding hydrogens is 244 g/mol. The van der Waals surface area contributed by atoms with E-state index in [0.717, 1.165) is 38.5 Å². The molecule has 0 spiro atoms. The van der Waals surface area contributed by atoms with Gasteiger partial charge in [0.2, 0.25) is 0 Å². The molecule has 2 rings (SSSR count). The highest BCUT2D eigenvalue weighted by molar-refractivity contribution is 5.32. The van der Waals surface area contributed by atoms with E-state index in [4.69, 9.17) is 0 Å². The zero-order chi connectivity index (χ0) is 14.4. The fourth-order valence-electron chi connectivity index (χ4n) is 3.32. The van der Waals surface area contributed by atoms with Crippen molar-refractivity contribution in [2.24, 2.45) is 0 Å². The van der Waals surface area contributed by atoms with Crippen LogP contribution in [0.2, 0.25) is 0 Å². The molecule has 1 heteroatoms. The molecule has 1 aromatic carbocycles. The molecule has 0 amide bonds. The number of aryl methyl sites for hydroxylation is 1. The molecule has 1 unspecified atom stereocenters. The molecule has 1 nitrogen and oxygen atoms in total. The van der Waals surface area contributed by atoms with Gasteiger partial charge in [0, 0.05) is 0 Å². The van der Waals surface area contributed by atoms with Crippen LogP contribution in [0.4, 0.5) is 0 Å². The minimum Gasteiger partial charge on any atom is -0.390 e. The van der Waals surface area contributed by atoms with E-state index in [-0.39, 0.29) is 0 Å². The maximum atomic E-state index is 10.9. The van der Waals surface area contributed by atoms with Crippen molar-refractivity contribution in [3.8, 4) is 0 Å². The van der Waals surface area contributed by atoms with Gasteiger partial charge < -0.3 is 5.11 Å².